The van der Waals surface area contributed by atoms with Crippen molar-refractivity contribution in [3.8, 4) is 11.5 Å². The number of carbonyl (C=O) groups excluding carboxylic acids is 1. The first kappa shape index (κ1) is 25.6. The summed E-state index contributed by atoms with van der Waals surface area (Å²) >= 11 is 9.63. The number of nitrogens with one attached hydrogen (secondary N) is 1. The normalized spacial score (nSPS) is 11.5. The van der Waals surface area contributed by atoms with Gasteiger partial charge in [0.2, 0.25) is 0 Å². The molecule has 0 radical (unpaired) electrons. The van der Waals surface area contributed by atoms with Crippen LogP contribution in [0.2, 0.25) is 5.02 Å². The third kappa shape index (κ3) is 6.74. The molecule has 0 unspecified atom stereocenters. The highest BCUT2D eigenvalue weighted by Crippen LogP contribution is 2.37. The molecule has 0 saturated heterocycles. The average Bonchev–Trinajstić information content (AvgIpc) is 2.79. The smallest absolute Gasteiger partial charge is 0.416 e. The fourth-order valence-electron chi connectivity index (χ4n) is 2.90. The molecule has 3 aromatic carbocycles. The topological polar surface area (TPSA) is 59.9 Å². The van der Waals surface area contributed by atoms with Crippen molar-refractivity contribution in [2.24, 2.45) is 5.10 Å². The van der Waals surface area contributed by atoms with Gasteiger partial charge >= 0.3 is 6.18 Å². The van der Waals surface area contributed by atoms with Crippen LogP contribution in [0.15, 0.2) is 70.2 Å². The van der Waals surface area contributed by atoms with Gasteiger partial charge < -0.3 is 9.47 Å². The van der Waals surface area contributed by atoms with E-state index in [0.29, 0.717) is 33.2 Å². The quantitative estimate of drug-likeness (QED) is 0.244. The van der Waals surface area contributed by atoms with Gasteiger partial charge in [-0.15, -0.1) is 0 Å². The van der Waals surface area contributed by atoms with E-state index in [0.717, 1.165) is 23.8 Å². The van der Waals surface area contributed by atoms with Crippen molar-refractivity contribution in [3.05, 3.63) is 92.4 Å². The third-order valence-electron chi connectivity index (χ3n) is 4.49. The number of carbonyl (C=O) groups is 1. The molecular weight excluding hydrogens is 537 g/mol. The summed E-state index contributed by atoms with van der Waals surface area (Å²) in [6.45, 7) is 2.42. The van der Waals surface area contributed by atoms with Crippen LogP contribution >= 0.6 is 27.5 Å². The molecule has 0 fully saturated rings. The van der Waals surface area contributed by atoms with Crippen molar-refractivity contribution in [3.63, 3.8) is 0 Å². The Bertz CT molecular complexity index is 1200. The first-order valence-corrected chi connectivity index (χ1v) is 11.2. The molecule has 1 amide bonds. The maximum Gasteiger partial charge on any atom is 0.416 e. The highest BCUT2D eigenvalue weighted by atomic mass is 79.9. The fourth-order valence-corrected chi connectivity index (χ4v) is 3.66. The SMILES string of the molecule is CCOc1cc(/C=N\NC(=O)c2cccc(C(F)(F)F)c2)cc(Br)c1OCc1ccccc1Cl. The predicted molar refractivity (Wildman–Crippen MR) is 128 cm³/mol. The zero-order valence-electron chi connectivity index (χ0n) is 17.8. The van der Waals surface area contributed by atoms with Crippen molar-refractivity contribution in [1.82, 2.24) is 5.43 Å². The Hall–Kier alpha value is -3.04. The second kappa shape index (κ2) is 11.4. The zero-order chi connectivity index (χ0) is 24.7. The van der Waals surface area contributed by atoms with E-state index in [9.17, 15) is 18.0 Å². The maximum absolute atomic E-state index is 12.9. The van der Waals surface area contributed by atoms with Gasteiger partial charge in [-0.1, -0.05) is 35.9 Å². The van der Waals surface area contributed by atoms with Gasteiger partial charge in [0.05, 0.1) is 22.9 Å². The van der Waals surface area contributed by atoms with E-state index in [4.69, 9.17) is 21.1 Å². The van der Waals surface area contributed by atoms with E-state index in [2.05, 4.69) is 26.5 Å². The molecule has 1 N–H and O–H groups in total. The molecule has 34 heavy (non-hydrogen) atoms. The van der Waals surface area contributed by atoms with Gasteiger partial charge in [-0.2, -0.15) is 18.3 Å². The molecule has 3 rings (SSSR count). The van der Waals surface area contributed by atoms with E-state index >= 15 is 0 Å². The number of nitrogens with zero attached hydrogens (tertiary/aromatic N) is 1. The Balaban J connectivity index is 1.73. The molecule has 0 heterocycles. The summed E-state index contributed by atoms with van der Waals surface area (Å²) in [6.07, 6.45) is -3.20. The molecule has 3 aromatic rings. The number of amides is 1. The maximum atomic E-state index is 12.9. The van der Waals surface area contributed by atoms with Crippen molar-refractivity contribution in [2.45, 2.75) is 19.7 Å². The van der Waals surface area contributed by atoms with Crippen LogP contribution in [0.25, 0.3) is 0 Å². The molecular formula is C24H19BrClF3N2O3. The molecule has 0 atom stereocenters. The Kier molecular flexibility index (Phi) is 8.57. The predicted octanol–water partition coefficient (Wildman–Crippen LogP) is 6.86. The molecule has 0 aliphatic heterocycles. The fraction of sp³-hybridized carbons (Fsp3) is 0.167. The van der Waals surface area contributed by atoms with Gasteiger partial charge in [0, 0.05) is 16.1 Å². The average molecular weight is 556 g/mol. The number of hydrazone groups is 1. The van der Waals surface area contributed by atoms with Gasteiger partial charge in [0.25, 0.3) is 5.91 Å². The summed E-state index contributed by atoms with van der Waals surface area (Å²) < 4.78 is 50.7. The molecule has 0 bridgehead atoms. The van der Waals surface area contributed by atoms with Crippen molar-refractivity contribution < 1.29 is 27.4 Å². The van der Waals surface area contributed by atoms with Crippen LogP contribution < -0.4 is 14.9 Å². The standard InChI is InChI=1S/C24H19BrClF3N2O3/c1-2-33-21-11-15(10-19(25)22(21)34-14-17-6-3-4-9-20(17)26)13-30-31-23(32)16-7-5-8-18(12-16)24(27,28)29/h3-13H,2,14H2,1H3,(H,31,32)/b30-13-. The number of halogens is 5. The van der Waals surface area contributed by atoms with Crippen LogP contribution in [0.1, 0.15) is 34.0 Å². The zero-order valence-corrected chi connectivity index (χ0v) is 20.2. The Morgan fingerprint density at radius 3 is 2.59 bits per heavy atom. The largest absolute Gasteiger partial charge is 0.490 e. The first-order valence-electron chi connectivity index (χ1n) is 10.0. The van der Waals surface area contributed by atoms with Gasteiger partial charge in [0.1, 0.15) is 6.61 Å². The monoisotopic (exact) mass is 554 g/mol. The minimum absolute atomic E-state index is 0.161. The Morgan fingerprint density at radius 2 is 1.88 bits per heavy atom. The summed E-state index contributed by atoms with van der Waals surface area (Å²) in [5.41, 5.74) is 2.52. The van der Waals surface area contributed by atoms with E-state index in [1.54, 1.807) is 18.2 Å². The lowest BCUT2D eigenvalue weighted by molar-refractivity contribution is -0.137. The number of ether oxygens (including phenoxy) is 2. The second-order valence-electron chi connectivity index (χ2n) is 6.92. The van der Waals surface area contributed by atoms with Crippen LogP contribution in [0.5, 0.6) is 11.5 Å². The molecule has 0 aromatic heterocycles. The van der Waals surface area contributed by atoms with Crippen LogP contribution in [0.3, 0.4) is 0 Å². The number of hydrogen-bond acceptors (Lipinski definition) is 4. The number of alkyl halides is 3. The Morgan fingerprint density at radius 1 is 1.12 bits per heavy atom. The minimum Gasteiger partial charge on any atom is -0.490 e. The Labute approximate surface area is 207 Å². The molecule has 0 aliphatic carbocycles. The molecule has 178 valence electrons. The van der Waals surface area contributed by atoms with Crippen molar-refractivity contribution in [2.75, 3.05) is 6.61 Å². The number of benzene rings is 3. The van der Waals surface area contributed by atoms with Gasteiger partial charge in [-0.05, 0) is 64.8 Å². The number of rotatable bonds is 8. The second-order valence-corrected chi connectivity index (χ2v) is 8.18. The van der Waals surface area contributed by atoms with E-state index in [-0.39, 0.29) is 12.2 Å². The summed E-state index contributed by atoms with van der Waals surface area (Å²) in [7, 11) is 0. The summed E-state index contributed by atoms with van der Waals surface area (Å²) in [6, 6.07) is 14.8. The van der Waals surface area contributed by atoms with Crippen molar-refractivity contribution >= 4 is 39.7 Å². The molecule has 5 nitrogen and oxygen atoms in total. The van der Waals surface area contributed by atoms with Crippen LogP contribution in [0.4, 0.5) is 13.2 Å². The highest BCUT2D eigenvalue weighted by molar-refractivity contribution is 9.10. The van der Waals surface area contributed by atoms with Gasteiger partial charge in [0.15, 0.2) is 11.5 Å². The summed E-state index contributed by atoms with van der Waals surface area (Å²) in [5.74, 6) is 0.132. The summed E-state index contributed by atoms with van der Waals surface area (Å²) in [4.78, 5) is 12.2. The molecule has 10 heteroatoms. The van der Waals surface area contributed by atoms with Gasteiger partial charge in [-0.3, -0.25) is 4.79 Å². The molecule has 0 aliphatic rings. The lowest BCUT2D eigenvalue weighted by Crippen LogP contribution is -2.18. The summed E-state index contributed by atoms with van der Waals surface area (Å²) in [5, 5.41) is 4.43. The minimum atomic E-state index is -4.54. The lowest BCUT2D eigenvalue weighted by Gasteiger charge is -2.15. The number of hydrogen-bond donors (Lipinski definition) is 1. The van der Waals surface area contributed by atoms with Crippen LogP contribution in [-0.2, 0) is 12.8 Å². The third-order valence-corrected chi connectivity index (χ3v) is 5.45. The van der Waals surface area contributed by atoms with Gasteiger partial charge in [-0.25, -0.2) is 5.43 Å². The first-order chi connectivity index (χ1) is 16.2. The van der Waals surface area contributed by atoms with E-state index in [1.165, 1.54) is 12.3 Å². The van der Waals surface area contributed by atoms with Crippen LogP contribution in [0, 0.1) is 0 Å². The highest BCUT2D eigenvalue weighted by Gasteiger charge is 2.30. The van der Waals surface area contributed by atoms with E-state index in [1.807, 2.05) is 25.1 Å². The van der Waals surface area contributed by atoms with E-state index < -0.39 is 17.6 Å². The van der Waals surface area contributed by atoms with Crippen molar-refractivity contribution in [1.29, 1.82) is 0 Å². The molecule has 0 saturated carbocycles. The molecule has 0 spiro atoms. The van der Waals surface area contributed by atoms with Crippen LogP contribution in [-0.4, -0.2) is 18.7 Å². The lowest BCUT2D eigenvalue weighted by atomic mass is 10.1.